The van der Waals surface area contributed by atoms with E-state index in [4.69, 9.17) is 25.9 Å². The molecule has 8 heteroatoms. The van der Waals surface area contributed by atoms with E-state index in [1.165, 1.54) is 0 Å². The lowest BCUT2D eigenvalue weighted by Crippen LogP contribution is -2.59. The third-order valence-corrected chi connectivity index (χ3v) is 16.0. The van der Waals surface area contributed by atoms with Gasteiger partial charge in [0.05, 0.1) is 29.1 Å². The lowest BCUT2D eigenvalue weighted by molar-refractivity contribution is -0.172. The van der Waals surface area contributed by atoms with Crippen molar-refractivity contribution in [2.45, 2.75) is 82.8 Å². The second-order valence-corrected chi connectivity index (χ2v) is 20.3. The topological polar surface area (TPSA) is 63.2 Å². The van der Waals surface area contributed by atoms with Crippen molar-refractivity contribution in [1.29, 1.82) is 0 Å². The fraction of sp³-hybridized carbons (Fsp3) is 0.368. The molecule has 0 aliphatic carbocycles. The smallest absolute Gasteiger partial charge is 0.262 e. The minimum atomic E-state index is -3.86. The largest absolute Gasteiger partial charge is 0.402 e. The van der Waals surface area contributed by atoms with Gasteiger partial charge < -0.3 is 23.2 Å². The Hall–Kier alpha value is -2.87. The summed E-state index contributed by atoms with van der Waals surface area (Å²) < 4.78 is 66.3. The molecule has 5 rings (SSSR count). The van der Waals surface area contributed by atoms with Crippen LogP contribution in [0.25, 0.3) is 0 Å². The maximum Gasteiger partial charge on any atom is 0.262 e. The maximum atomic E-state index is 15.6. The van der Waals surface area contributed by atoms with E-state index in [0.717, 1.165) is 11.1 Å². The molecule has 5 atom stereocenters. The Balaban J connectivity index is 1.60. The van der Waals surface area contributed by atoms with E-state index in [0.29, 0.717) is 10.9 Å². The van der Waals surface area contributed by atoms with Gasteiger partial charge in [-0.3, -0.25) is 4.57 Å². The van der Waals surface area contributed by atoms with Crippen LogP contribution >= 0.6 is 7.37 Å². The first-order valence-electron chi connectivity index (χ1n) is 16.8. The van der Waals surface area contributed by atoms with Gasteiger partial charge in [-0.15, -0.1) is 0 Å². The summed E-state index contributed by atoms with van der Waals surface area (Å²) in [4.78, 5) is 0. The second-order valence-electron chi connectivity index (χ2n) is 13.1. The molecule has 6 nitrogen and oxygen atoms in total. The summed E-state index contributed by atoms with van der Waals surface area (Å²) in [7, 11) is -6.43. The fourth-order valence-corrected chi connectivity index (χ4v) is 9.88. The van der Waals surface area contributed by atoms with E-state index in [9.17, 15) is 0 Å². The zero-order chi connectivity index (χ0) is 34.4. The van der Waals surface area contributed by atoms with Gasteiger partial charge in [-0.25, -0.2) is 0 Å². The predicted molar refractivity (Wildman–Crippen MR) is 187 cm³/mol. The third kappa shape index (κ3) is 8.53. The molecule has 0 N–H and O–H groups in total. The van der Waals surface area contributed by atoms with E-state index in [1.54, 1.807) is 36.4 Å². The van der Waals surface area contributed by atoms with Crippen LogP contribution in [-0.4, -0.2) is 39.1 Å². The SMILES string of the molecule is [2H]C([2H])(OC[C@H]1O[P@@](=O)(c2ccccc2)[C@H](O[Si](C)(C)C(C)(C)C)[C@@H](OCc2ccccc2)[C@@H]1OCc1ccccc1)c1ccccc1. The summed E-state index contributed by atoms with van der Waals surface area (Å²) >= 11 is 0. The highest BCUT2D eigenvalue weighted by atomic mass is 31.2. The number of hydrogen-bond donors (Lipinski definition) is 0. The second kappa shape index (κ2) is 15.4. The molecule has 0 bridgehead atoms. The Morgan fingerprint density at radius 1 is 0.717 bits per heavy atom. The van der Waals surface area contributed by atoms with Gasteiger partial charge in [0.2, 0.25) is 0 Å². The monoisotopic (exact) mass is 660 g/mol. The average molecular weight is 661 g/mol. The molecule has 0 saturated carbocycles. The summed E-state index contributed by atoms with van der Waals surface area (Å²) in [5.74, 6) is -0.993. The molecular formula is C38H47O6PSi. The molecule has 0 aromatic heterocycles. The molecule has 1 heterocycles. The van der Waals surface area contributed by atoms with E-state index in [2.05, 4.69) is 33.9 Å². The molecule has 46 heavy (non-hydrogen) atoms. The average Bonchev–Trinajstić information content (AvgIpc) is 3.08. The molecular weight excluding hydrogens is 611 g/mol. The summed E-state index contributed by atoms with van der Waals surface area (Å²) in [5.41, 5.74) is 2.25. The van der Waals surface area contributed by atoms with Crippen LogP contribution in [0.1, 0.15) is 40.2 Å². The Morgan fingerprint density at radius 2 is 1.17 bits per heavy atom. The summed E-state index contributed by atoms with van der Waals surface area (Å²) in [6.45, 7) is 8.74. The Morgan fingerprint density at radius 3 is 1.67 bits per heavy atom. The Bertz CT molecular complexity index is 1620. The van der Waals surface area contributed by atoms with Crippen LogP contribution in [0, 0.1) is 0 Å². The van der Waals surface area contributed by atoms with Gasteiger partial charge in [-0.05, 0) is 47.0 Å². The molecule has 0 amide bonds. The first-order valence-corrected chi connectivity index (χ1v) is 20.4. The molecule has 4 aromatic rings. The standard InChI is InChI=1S/C38H47O6PSi/c1-38(2,3)46(4,5)44-37-36(42-28-32-22-14-8-15-23-32)35(41-27-31-20-12-7-13-21-31)34(29-40-26-30-18-10-6-11-19-30)43-45(37,39)33-24-16-9-17-25-33/h6-25,34-37H,26-29H2,1-5H3/t34-,35-,36+,37+,45+/m1/s1/i26D2. The zero-order valence-electron chi connectivity index (χ0n) is 29.4. The number of benzene rings is 4. The molecule has 0 radical (unpaired) electrons. The van der Waals surface area contributed by atoms with Crippen molar-refractivity contribution in [2.75, 3.05) is 6.61 Å². The Labute approximate surface area is 278 Å². The quantitative estimate of drug-likeness (QED) is 0.106. The van der Waals surface area contributed by atoms with Crippen LogP contribution in [-0.2, 0) is 47.5 Å². The normalized spacial score (nSPS) is 24.6. The van der Waals surface area contributed by atoms with Crippen molar-refractivity contribution in [3.63, 3.8) is 0 Å². The molecule has 1 fully saturated rings. The maximum absolute atomic E-state index is 15.6. The molecule has 1 aliphatic heterocycles. The lowest BCUT2D eigenvalue weighted by atomic mass is 10.1. The van der Waals surface area contributed by atoms with Crippen molar-refractivity contribution < 1.29 is 30.5 Å². The van der Waals surface area contributed by atoms with E-state index < -0.39 is 46.4 Å². The molecule has 0 spiro atoms. The van der Waals surface area contributed by atoms with Crippen molar-refractivity contribution >= 4 is 21.0 Å². The van der Waals surface area contributed by atoms with Crippen molar-refractivity contribution in [3.8, 4) is 0 Å². The summed E-state index contributed by atoms with van der Waals surface area (Å²) in [6.07, 6.45) is -2.63. The van der Waals surface area contributed by atoms with Crippen LogP contribution in [0.15, 0.2) is 121 Å². The van der Waals surface area contributed by atoms with E-state index in [-0.39, 0.29) is 24.9 Å². The molecule has 244 valence electrons. The van der Waals surface area contributed by atoms with Gasteiger partial charge in [0, 0.05) is 5.30 Å². The van der Waals surface area contributed by atoms with Gasteiger partial charge in [0.25, 0.3) is 7.37 Å². The summed E-state index contributed by atoms with van der Waals surface area (Å²) in [6, 6.07) is 37.4. The first-order chi connectivity index (χ1) is 22.8. The van der Waals surface area contributed by atoms with Crippen LogP contribution in [0.2, 0.25) is 18.1 Å². The lowest BCUT2D eigenvalue weighted by Gasteiger charge is -2.49. The minimum Gasteiger partial charge on any atom is -0.402 e. The van der Waals surface area contributed by atoms with Crippen LogP contribution in [0.3, 0.4) is 0 Å². The number of rotatable bonds is 13. The molecule has 1 aliphatic rings. The van der Waals surface area contributed by atoms with Gasteiger partial charge >= 0.3 is 0 Å². The van der Waals surface area contributed by atoms with E-state index in [1.807, 2.05) is 84.9 Å². The van der Waals surface area contributed by atoms with Gasteiger partial charge in [0.1, 0.15) is 18.3 Å². The molecule has 4 aromatic carbocycles. The third-order valence-electron chi connectivity index (χ3n) is 8.72. The number of hydrogen-bond acceptors (Lipinski definition) is 6. The van der Waals surface area contributed by atoms with E-state index >= 15 is 4.57 Å². The fourth-order valence-electron chi connectivity index (χ4n) is 5.10. The van der Waals surface area contributed by atoms with Gasteiger partial charge in [-0.2, -0.15) is 0 Å². The van der Waals surface area contributed by atoms with Crippen molar-refractivity contribution in [3.05, 3.63) is 138 Å². The van der Waals surface area contributed by atoms with Gasteiger partial charge in [0.15, 0.2) is 14.2 Å². The van der Waals surface area contributed by atoms with Crippen molar-refractivity contribution in [1.82, 2.24) is 0 Å². The van der Waals surface area contributed by atoms with Gasteiger partial charge in [-0.1, -0.05) is 130 Å². The minimum absolute atomic E-state index is 0.204. The summed E-state index contributed by atoms with van der Waals surface area (Å²) in [5, 5.41) is 0.296. The van der Waals surface area contributed by atoms with Crippen molar-refractivity contribution in [2.24, 2.45) is 0 Å². The first kappa shape index (κ1) is 31.7. The van der Waals surface area contributed by atoms with Crippen LogP contribution < -0.4 is 5.30 Å². The predicted octanol–water partition coefficient (Wildman–Crippen LogP) is 8.72. The van der Waals surface area contributed by atoms with Crippen LogP contribution in [0.4, 0.5) is 0 Å². The Kier molecular flexibility index (Phi) is 10.6. The highest BCUT2D eigenvalue weighted by Gasteiger charge is 2.57. The number of ether oxygens (including phenoxy) is 3. The molecule has 0 unspecified atom stereocenters. The highest BCUT2D eigenvalue weighted by Crippen LogP contribution is 2.60. The van der Waals surface area contributed by atoms with Crippen LogP contribution in [0.5, 0.6) is 0 Å². The zero-order valence-corrected chi connectivity index (χ0v) is 29.3. The highest BCUT2D eigenvalue weighted by molar-refractivity contribution is 7.67. The molecule has 1 saturated heterocycles.